The van der Waals surface area contributed by atoms with Crippen LogP contribution >= 0.6 is 22.9 Å². The quantitative estimate of drug-likeness (QED) is 0.355. The van der Waals surface area contributed by atoms with E-state index in [1.807, 2.05) is 54.1 Å². The number of nitrogens with one attached hydrogen (secondary N) is 1. The summed E-state index contributed by atoms with van der Waals surface area (Å²) >= 11 is 7.93. The van der Waals surface area contributed by atoms with Gasteiger partial charge in [0.25, 0.3) is 0 Å². The van der Waals surface area contributed by atoms with Crippen LogP contribution in [0, 0.1) is 6.92 Å². The molecule has 4 aromatic rings. The Morgan fingerprint density at radius 2 is 1.82 bits per heavy atom. The number of aromatic nitrogens is 2. The van der Waals surface area contributed by atoms with Gasteiger partial charge in [0, 0.05) is 45.0 Å². The Morgan fingerprint density at radius 3 is 2.55 bits per heavy atom. The summed E-state index contributed by atoms with van der Waals surface area (Å²) in [5.41, 5.74) is 5.91. The van der Waals surface area contributed by atoms with Crippen LogP contribution in [0.2, 0.25) is 5.02 Å². The second kappa shape index (κ2) is 8.01. The fraction of sp³-hybridized carbons (Fsp3) is 0.185. The van der Waals surface area contributed by atoms with Gasteiger partial charge in [-0.05, 0) is 54.6 Å². The minimum atomic E-state index is -0.164. The average Bonchev–Trinajstić information content (AvgIpc) is 3.48. The number of Topliss-reactive ketones (excluding diaryl/α,β-unsaturated/α-hetero) is 1. The van der Waals surface area contributed by atoms with E-state index in [4.69, 9.17) is 16.7 Å². The summed E-state index contributed by atoms with van der Waals surface area (Å²) in [6.07, 6.45) is 1.34. The van der Waals surface area contributed by atoms with E-state index in [-0.39, 0.29) is 17.6 Å². The summed E-state index contributed by atoms with van der Waals surface area (Å²) in [5.74, 6) is 1.18. The summed E-state index contributed by atoms with van der Waals surface area (Å²) in [5, 5.41) is 11.3. The van der Waals surface area contributed by atoms with Crippen LogP contribution in [0.15, 0.2) is 83.4 Å². The first-order valence-corrected chi connectivity index (χ1v) is 12.3. The van der Waals surface area contributed by atoms with Gasteiger partial charge in [-0.1, -0.05) is 48.0 Å². The SMILES string of the molecule is Cc1nn(-c2ccccc2)c2c1[C@@H](c1ccc(Cl)cc1)C1=C(C[C@@H](c3cccs3)CC1=O)N2. The summed E-state index contributed by atoms with van der Waals surface area (Å²) < 4.78 is 1.97. The number of aryl methyl sites for hydroxylation is 1. The molecular formula is C27H22ClN3OS. The minimum Gasteiger partial charge on any atom is -0.343 e. The minimum absolute atomic E-state index is 0.164. The maximum absolute atomic E-state index is 13.6. The van der Waals surface area contributed by atoms with Crippen molar-refractivity contribution in [3.8, 4) is 5.69 Å². The number of ketones is 1. The first kappa shape index (κ1) is 20.5. The molecule has 0 saturated heterocycles. The van der Waals surface area contributed by atoms with Crippen LogP contribution in [0.5, 0.6) is 0 Å². The van der Waals surface area contributed by atoms with E-state index in [1.54, 1.807) is 11.3 Å². The van der Waals surface area contributed by atoms with Crippen molar-refractivity contribution in [2.75, 3.05) is 5.32 Å². The lowest BCUT2D eigenvalue weighted by Gasteiger charge is -2.35. The van der Waals surface area contributed by atoms with Crippen LogP contribution in [0.25, 0.3) is 5.69 Å². The molecular weight excluding hydrogens is 450 g/mol. The zero-order chi connectivity index (χ0) is 22.5. The molecule has 2 aliphatic rings. The molecule has 33 heavy (non-hydrogen) atoms. The van der Waals surface area contributed by atoms with E-state index >= 15 is 0 Å². The van der Waals surface area contributed by atoms with Crippen molar-refractivity contribution in [3.05, 3.63) is 110 Å². The Bertz CT molecular complexity index is 1370. The van der Waals surface area contributed by atoms with Gasteiger partial charge in [-0.3, -0.25) is 4.79 Å². The van der Waals surface area contributed by atoms with Gasteiger partial charge < -0.3 is 5.32 Å². The molecule has 6 rings (SSSR count). The molecule has 0 spiro atoms. The van der Waals surface area contributed by atoms with Gasteiger partial charge in [0.05, 0.1) is 11.4 Å². The molecule has 1 N–H and O–H groups in total. The van der Waals surface area contributed by atoms with E-state index in [0.29, 0.717) is 11.4 Å². The largest absolute Gasteiger partial charge is 0.343 e. The van der Waals surface area contributed by atoms with E-state index in [2.05, 4.69) is 35.0 Å². The first-order valence-electron chi connectivity index (χ1n) is 11.1. The topological polar surface area (TPSA) is 46.9 Å². The van der Waals surface area contributed by atoms with Gasteiger partial charge >= 0.3 is 0 Å². The van der Waals surface area contributed by atoms with Crippen molar-refractivity contribution in [2.45, 2.75) is 31.6 Å². The molecule has 6 heteroatoms. The molecule has 4 nitrogen and oxygen atoms in total. The van der Waals surface area contributed by atoms with Gasteiger partial charge in [-0.25, -0.2) is 4.68 Å². The van der Waals surface area contributed by atoms with Crippen LogP contribution < -0.4 is 5.32 Å². The highest BCUT2D eigenvalue weighted by Crippen LogP contribution is 2.49. The molecule has 0 radical (unpaired) electrons. The Kier molecular flexibility index (Phi) is 4.97. The number of benzene rings is 2. The van der Waals surface area contributed by atoms with Crippen LogP contribution in [-0.2, 0) is 4.79 Å². The average molecular weight is 472 g/mol. The van der Waals surface area contributed by atoms with E-state index < -0.39 is 0 Å². The number of hydrogen-bond donors (Lipinski definition) is 1. The number of rotatable bonds is 3. The third-order valence-electron chi connectivity index (χ3n) is 6.61. The fourth-order valence-corrected chi connectivity index (χ4v) is 6.10. The number of para-hydroxylation sites is 1. The Labute approximate surface area is 201 Å². The maximum atomic E-state index is 13.6. The van der Waals surface area contributed by atoms with Crippen LogP contribution in [0.1, 0.15) is 46.4 Å². The standard InChI is InChI=1S/C27H22ClN3OS/c1-16-24-25(17-9-11-19(28)12-10-17)26-21(14-18(15-22(26)32)23-8-5-13-33-23)29-27(24)31(30-16)20-6-3-2-4-7-20/h2-13,18,25,29H,14-15H2,1H3/t18-,25-/m1/s1. The zero-order valence-electron chi connectivity index (χ0n) is 18.1. The molecule has 0 fully saturated rings. The number of hydrogen-bond acceptors (Lipinski definition) is 4. The number of thiophene rings is 1. The summed E-state index contributed by atoms with van der Waals surface area (Å²) in [6.45, 7) is 2.02. The van der Waals surface area contributed by atoms with Gasteiger partial charge in [-0.2, -0.15) is 5.10 Å². The van der Waals surface area contributed by atoms with E-state index in [9.17, 15) is 4.79 Å². The summed E-state index contributed by atoms with van der Waals surface area (Å²) in [7, 11) is 0. The number of allylic oxidation sites excluding steroid dienone is 2. The van der Waals surface area contributed by atoms with Crippen LogP contribution in [0.3, 0.4) is 0 Å². The van der Waals surface area contributed by atoms with Gasteiger partial charge in [0.2, 0.25) is 0 Å². The molecule has 3 heterocycles. The van der Waals surface area contributed by atoms with Crippen LogP contribution in [0.4, 0.5) is 5.82 Å². The lowest BCUT2D eigenvalue weighted by Crippen LogP contribution is -2.30. The molecule has 164 valence electrons. The normalized spacial score (nSPS) is 19.8. The van der Waals surface area contributed by atoms with Crippen molar-refractivity contribution in [1.29, 1.82) is 0 Å². The molecule has 1 aliphatic heterocycles. The fourth-order valence-electron chi connectivity index (χ4n) is 5.15. The predicted molar refractivity (Wildman–Crippen MR) is 134 cm³/mol. The van der Waals surface area contributed by atoms with E-state index in [1.165, 1.54) is 4.88 Å². The number of halogens is 1. The second-order valence-corrected chi connectivity index (χ2v) is 10.1. The Hall–Kier alpha value is -3.15. The zero-order valence-corrected chi connectivity index (χ0v) is 19.7. The Morgan fingerprint density at radius 1 is 1.03 bits per heavy atom. The maximum Gasteiger partial charge on any atom is 0.162 e. The van der Waals surface area contributed by atoms with Crippen molar-refractivity contribution >= 4 is 34.5 Å². The molecule has 2 atom stereocenters. The highest BCUT2D eigenvalue weighted by Gasteiger charge is 2.41. The Balaban J connectivity index is 1.54. The number of anilines is 1. The monoisotopic (exact) mass is 471 g/mol. The highest BCUT2D eigenvalue weighted by atomic mass is 35.5. The van der Waals surface area contributed by atoms with Crippen LogP contribution in [-0.4, -0.2) is 15.6 Å². The van der Waals surface area contributed by atoms with Crippen molar-refractivity contribution in [1.82, 2.24) is 9.78 Å². The molecule has 0 bridgehead atoms. The summed E-state index contributed by atoms with van der Waals surface area (Å²) in [6, 6.07) is 22.2. The molecule has 0 unspecified atom stereocenters. The van der Waals surface area contributed by atoms with Gasteiger partial charge in [0.1, 0.15) is 5.82 Å². The predicted octanol–water partition coefficient (Wildman–Crippen LogP) is 6.85. The lowest BCUT2D eigenvalue weighted by atomic mass is 9.73. The molecule has 2 aromatic carbocycles. The second-order valence-electron chi connectivity index (χ2n) is 8.64. The summed E-state index contributed by atoms with van der Waals surface area (Å²) in [4.78, 5) is 14.9. The van der Waals surface area contributed by atoms with Gasteiger partial charge in [0.15, 0.2) is 5.78 Å². The molecule has 0 amide bonds. The highest BCUT2D eigenvalue weighted by molar-refractivity contribution is 7.10. The molecule has 1 aliphatic carbocycles. The van der Waals surface area contributed by atoms with Crippen molar-refractivity contribution in [3.63, 3.8) is 0 Å². The molecule has 0 saturated carbocycles. The first-order chi connectivity index (χ1) is 16.1. The number of nitrogens with zero attached hydrogens (tertiary/aromatic N) is 2. The number of carbonyl (C=O) groups excluding carboxylic acids is 1. The molecule has 2 aromatic heterocycles. The number of fused-ring (bicyclic) bond motifs is 1. The smallest absolute Gasteiger partial charge is 0.162 e. The number of carbonyl (C=O) groups is 1. The third kappa shape index (κ3) is 3.43. The van der Waals surface area contributed by atoms with Crippen molar-refractivity contribution in [2.24, 2.45) is 0 Å². The van der Waals surface area contributed by atoms with Crippen molar-refractivity contribution < 1.29 is 4.79 Å². The van der Waals surface area contributed by atoms with Gasteiger partial charge in [-0.15, -0.1) is 11.3 Å². The third-order valence-corrected chi connectivity index (χ3v) is 7.90. The lowest BCUT2D eigenvalue weighted by molar-refractivity contribution is -0.116. The van der Waals surface area contributed by atoms with E-state index in [0.717, 1.165) is 46.0 Å².